The zero-order valence-electron chi connectivity index (χ0n) is 20.7. The van der Waals surface area contributed by atoms with Crippen molar-refractivity contribution < 1.29 is 14.6 Å². The van der Waals surface area contributed by atoms with Gasteiger partial charge in [-0.25, -0.2) is 4.79 Å². The molecule has 1 aliphatic heterocycles. The molecule has 0 unspecified atom stereocenters. The Balaban J connectivity index is 1.28. The number of aromatic carboxylic acids is 1. The van der Waals surface area contributed by atoms with Gasteiger partial charge in [0.05, 0.1) is 11.6 Å². The lowest BCUT2D eigenvalue weighted by Gasteiger charge is -2.36. The van der Waals surface area contributed by atoms with Gasteiger partial charge in [-0.05, 0) is 65.2 Å². The van der Waals surface area contributed by atoms with E-state index in [1.165, 1.54) is 11.1 Å². The van der Waals surface area contributed by atoms with Crippen LogP contribution in [-0.2, 0) is 6.54 Å². The topological polar surface area (TPSA) is 76.8 Å². The Kier molecular flexibility index (Phi) is 7.60. The van der Waals surface area contributed by atoms with Crippen molar-refractivity contribution in [2.24, 2.45) is 0 Å². The molecule has 1 aliphatic rings. The molecule has 0 spiro atoms. The van der Waals surface area contributed by atoms with E-state index in [0.717, 1.165) is 49.0 Å². The maximum atomic E-state index is 11.8. The second-order valence-corrected chi connectivity index (χ2v) is 9.59. The van der Waals surface area contributed by atoms with E-state index in [9.17, 15) is 9.90 Å². The third kappa shape index (κ3) is 5.81. The van der Waals surface area contributed by atoms with E-state index in [0.29, 0.717) is 11.3 Å². The number of nitrogens with zero attached hydrogens (tertiary/aromatic N) is 3. The highest BCUT2D eigenvalue weighted by Gasteiger charge is 2.21. The predicted molar refractivity (Wildman–Crippen MR) is 149 cm³/mol. The first-order chi connectivity index (χ1) is 18.5. The molecular weight excluding hydrogens is 498 g/mol. The fraction of sp³-hybridized carbons (Fsp3) is 0.161. The van der Waals surface area contributed by atoms with E-state index in [-0.39, 0.29) is 11.3 Å². The van der Waals surface area contributed by atoms with Crippen LogP contribution in [0.25, 0.3) is 11.1 Å². The summed E-state index contributed by atoms with van der Waals surface area (Å²) in [4.78, 5) is 16.5. The van der Waals surface area contributed by atoms with Crippen LogP contribution < -0.4 is 9.64 Å². The summed E-state index contributed by atoms with van der Waals surface area (Å²) in [6.45, 7) is 4.22. The van der Waals surface area contributed by atoms with Gasteiger partial charge in [0, 0.05) is 49.5 Å². The number of hydrogen-bond acceptors (Lipinski definition) is 5. The van der Waals surface area contributed by atoms with Crippen LogP contribution in [0.5, 0.6) is 11.5 Å². The summed E-state index contributed by atoms with van der Waals surface area (Å²) in [5, 5.41) is 19.4. The zero-order valence-corrected chi connectivity index (χ0v) is 21.4. The average Bonchev–Trinajstić information content (AvgIpc) is 2.94. The maximum absolute atomic E-state index is 11.8. The largest absolute Gasteiger partial charge is 0.478 e. The first-order valence-electron chi connectivity index (χ1n) is 12.4. The van der Waals surface area contributed by atoms with E-state index >= 15 is 0 Å². The standard InChI is InChI=1S/C31H26ClN3O3/c32-25-9-7-23(8-10-25)28-4-2-1-3-24(28)21-34-15-17-35(18-16-34)26-11-14-29(31(36)37)30(19-26)38-27-12-5-22(20-33)6-13-27/h1-14,19H,15-18,21H2,(H,36,37). The number of benzene rings is 4. The van der Waals surface area contributed by atoms with Crippen molar-refractivity contribution in [3.63, 3.8) is 0 Å². The quantitative estimate of drug-likeness (QED) is 0.291. The highest BCUT2D eigenvalue weighted by molar-refractivity contribution is 6.30. The lowest BCUT2D eigenvalue weighted by atomic mass is 9.99. The number of carboxylic acid groups (broad SMARTS) is 1. The molecule has 190 valence electrons. The molecule has 0 amide bonds. The minimum atomic E-state index is -1.05. The van der Waals surface area contributed by atoms with Crippen LogP contribution in [0, 0.1) is 11.3 Å². The molecule has 7 heteroatoms. The van der Waals surface area contributed by atoms with Crippen molar-refractivity contribution in [1.29, 1.82) is 5.26 Å². The first kappa shape index (κ1) is 25.3. The van der Waals surface area contributed by atoms with E-state index in [1.807, 2.05) is 18.2 Å². The predicted octanol–water partition coefficient (Wildman–Crippen LogP) is 6.69. The number of hydrogen-bond donors (Lipinski definition) is 1. The molecule has 4 aromatic rings. The van der Waals surface area contributed by atoms with E-state index in [1.54, 1.807) is 36.4 Å². The Morgan fingerprint density at radius 3 is 2.32 bits per heavy atom. The molecule has 38 heavy (non-hydrogen) atoms. The highest BCUT2D eigenvalue weighted by atomic mass is 35.5. The second kappa shape index (κ2) is 11.4. The lowest BCUT2D eigenvalue weighted by molar-refractivity contribution is 0.0694. The van der Waals surface area contributed by atoms with Gasteiger partial charge in [0.15, 0.2) is 0 Å². The summed E-state index contributed by atoms with van der Waals surface area (Å²) in [6, 6.07) is 30.3. The minimum absolute atomic E-state index is 0.0931. The smallest absolute Gasteiger partial charge is 0.339 e. The van der Waals surface area contributed by atoms with Gasteiger partial charge < -0.3 is 14.7 Å². The van der Waals surface area contributed by atoms with Crippen LogP contribution in [0.3, 0.4) is 0 Å². The number of anilines is 1. The first-order valence-corrected chi connectivity index (χ1v) is 12.7. The molecular formula is C31H26ClN3O3. The molecule has 0 bridgehead atoms. The number of nitriles is 1. The molecule has 1 heterocycles. The van der Waals surface area contributed by atoms with Gasteiger partial charge in [0.1, 0.15) is 17.1 Å². The Bertz CT molecular complexity index is 1470. The Labute approximate surface area is 226 Å². The number of rotatable bonds is 7. The fourth-order valence-corrected chi connectivity index (χ4v) is 4.79. The molecule has 4 aromatic carbocycles. The van der Waals surface area contributed by atoms with Crippen LogP contribution in [-0.4, -0.2) is 42.2 Å². The normalized spacial score (nSPS) is 13.6. The number of carbonyl (C=O) groups is 1. The summed E-state index contributed by atoms with van der Waals surface area (Å²) in [5.41, 5.74) is 5.15. The van der Waals surface area contributed by atoms with Crippen molar-refractivity contribution in [2.75, 3.05) is 31.1 Å². The monoisotopic (exact) mass is 523 g/mol. The summed E-state index contributed by atoms with van der Waals surface area (Å²) in [7, 11) is 0. The number of halogens is 1. The number of piperazine rings is 1. The molecule has 1 N–H and O–H groups in total. The molecule has 5 rings (SSSR count). The fourth-order valence-electron chi connectivity index (χ4n) is 4.67. The van der Waals surface area contributed by atoms with Crippen LogP contribution in [0.2, 0.25) is 5.02 Å². The van der Waals surface area contributed by atoms with E-state index < -0.39 is 5.97 Å². The van der Waals surface area contributed by atoms with E-state index in [2.05, 4.69) is 52.3 Å². The lowest BCUT2D eigenvalue weighted by Crippen LogP contribution is -2.46. The molecule has 0 aliphatic carbocycles. The number of ether oxygens (including phenoxy) is 1. The van der Waals surface area contributed by atoms with Crippen molar-refractivity contribution in [3.8, 4) is 28.7 Å². The van der Waals surface area contributed by atoms with Gasteiger partial charge >= 0.3 is 5.97 Å². The van der Waals surface area contributed by atoms with Crippen LogP contribution in [0.15, 0.2) is 91.0 Å². The highest BCUT2D eigenvalue weighted by Crippen LogP contribution is 2.32. The van der Waals surface area contributed by atoms with Gasteiger partial charge in [-0.3, -0.25) is 4.90 Å². The molecule has 0 radical (unpaired) electrons. The van der Waals surface area contributed by atoms with Crippen LogP contribution >= 0.6 is 11.6 Å². The van der Waals surface area contributed by atoms with Crippen LogP contribution in [0.4, 0.5) is 5.69 Å². The van der Waals surface area contributed by atoms with Crippen molar-refractivity contribution >= 4 is 23.3 Å². The molecule has 0 saturated carbocycles. The van der Waals surface area contributed by atoms with Gasteiger partial charge in [-0.2, -0.15) is 5.26 Å². The van der Waals surface area contributed by atoms with Crippen LogP contribution in [0.1, 0.15) is 21.5 Å². The summed E-state index contributed by atoms with van der Waals surface area (Å²) >= 11 is 6.08. The zero-order chi connectivity index (χ0) is 26.5. The van der Waals surface area contributed by atoms with Gasteiger partial charge in [-0.1, -0.05) is 48.0 Å². The maximum Gasteiger partial charge on any atom is 0.339 e. The Morgan fingerprint density at radius 2 is 1.63 bits per heavy atom. The SMILES string of the molecule is N#Cc1ccc(Oc2cc(N3CCN(Cc4ccccc4-c4ccc(Cl)cc4)CC3)ccc2C(=O)O)cc1. The molecule has 0 aromatic heterocycles. The summed E-state index contributed by atoms with van der Waals surface area (Å²) in [6.07, 6.45) is 0. The third-order valence-corrected chi connectivity index (χ3v) is 6.96. The third-order valence-electron chi connectivity index (χ3n) is 6.71. The summed E-state index contributed by atoms with van der Waals surface area (Å²) in [5.74, 6) is -0.295. The van der Waals surface area contributed by atoms with Gasteiger partial charge in [0.25, 0.3) is 0 Å². The van der Waals surface area contributed by atoms with Crippen molar-refractivity contribution in [1.82, 2.24) is 4.90 Å². The molecule has 1 saturated heterocycles. The van der Waals surface area contributed by atoms with E-state index in [4.69, 9.17) is 21.6 Å². The minimum Gasteiger partial charge on any atom is -0.478 e. The van der Waals surface area contributed by atoms with Gasteiger partial charge in [-0.15, -0.1) is 0 Å². The Morgan fingerprint density at radius 1 is 0.921 bits per heavy atom. The second-order valence-electron chi connectivity index (χ2n) is 9.15. The molecule has 0 atom stereocenters. The van der Waals surface area contributed by atoms with Crippen molar-refractivity contribution in [3.05, 3.63) is 113 Å². The average molecular weight is 524 g/mol. The Hall–Kier alpha value is -4.31. The van der Waals surface area contributed by atoms with Gasteiger partial charge in [0.2, 0.25) is 0 Å². The van der Waals surface area contributed by atoms with Crippen molar-refractivity contribution in [2.45, 2.75) is 6.54 Å². The molecule has 6 nitrogen and oxygen atoms in total. The number of carboxylic acids is 1. The molecule has 1 fully saturated rings. The summed E-state index contributed by atoms with van der Waals surface area (Å²) < 4.78 is 5.93.